The molecule has 184 valence electrons. The molecule has 6 nitrogen and oxygen atoms in total. The third kappa shape index (κ3) is 6.80. The first-order valence-electron chi connectivity index (χ1n) is 11.3. The molecule has 1 aromatic heterocycles. The lowest BCUT2D eigenvalue weighted by Crippen LogP contribution is -2.45. The summed E-state index contributed by atoms with van der Waals surface area (Å²) < 4.78 is 24.0. The van der Waals surface area contributed by atoms with Crippen molar-refractivity contribution in [1.82, 2.24) is 9.80 Å². The summed E-state index contributed by atoms with van der Waals surface area (Å²) in [5, 5.41) is 0.564. The molecule has 1 fully saturated rings. The molecule has 1 saturated heterocycles. The summed E-state index contributed by atoms with van der Waals surface area (Å²) in [5.74, 6) is 0. The SMILES string of the molecule is CN1CCN(C/C(N)=C/C(=Nc2ccccc2Cl)c2ccc(-c3cccc(S(C)(=O)=O)c3)s2)CC1. The van der Waals surface area contributed by atoms with E-state index >= 15 is 0 Å². The van der Waals surface area contributed by atoms with E-state index in [1.807, 2.05) is 48.5 Å². The molecule has 2 aromatic carbocycles. The zero-order valence-electron chi connectivity index (χ0n) is 19.8. The standard InChI is InChI=1S/C26H29ClN4O2S2/c1-30-12-14-31(15-13-30)18-20(28)17-24(29-23-9-4-3-8-22(23)27)26-11-10-25(34-26)19-6-5-7-21(16-19)35(2,32)33/h3-11,16-17H,12-15,18,28H2,1-2H3/b20-17-,29-24?. The number of para-hydroxylation sites is 1. The van der Waals surface area contributed by atoms with Crippen LogP contribution in [0.1, 0.15) is 4.88 Å². The van der Waals surface area contributed by atoms with E-state index < -0.39 is 9.84 Å². The van der Waals surface area contributed by atoms with Crippen LogP contribution < -0.4 is 5.73 Å². The minimum Gasteiger partial charge on any atom is -0.401 e. The predicted octanol–water partition coefficient (Wildman–Crippen LogP) is 4.68. The number of allylic oxidation sites excluding steroid dienone is 1. The first kappa shape index (κ1) is 25.6. The molecule has 1 aliphatic heterocycles. The van der Waals surface area contributed by atoms with E-state index in [4.69, 9.17) is 22.3 Å². The highest BCUT2D eigenvalue weighted by Crippen LogP contribution is 2.32. The molecule has 0 saturated carbocycles. The summed E-state index contributed by atoms with van der Waals surface area (Å²) in [4.78, 5) is 11.7. The number of hydrogen-bond donors (Lipinski definition) is 1. The first-order chi connectivity index (χ1) is 16.7. The Bertz CT molecular complexity index is 1360. The average molecular weight is 529 g/mol. The number of nitrogens with zero attached hydrogens (tertiary/aromatic N) is 3. The highest BCUT2D eigenvalue weighted by atomic mass is 35.5. The van der Waals surface area contributed by atoms with Gasteiger partial charge in [-0.25, -0.2) is 13.4 Å². The van der Waals surface area contributed by atoms with E-state index in [1.54, 1.807) is 18.2 Å². The van der Waals surface area contributed by atoms with Crippen LogP contribution in [0.25, 0.3) is 10.4 Å². The Morgan fingerprint density at radius 3 is 2.54 bits per heavy atom. The molecule has 4 rings (SSSR count). The number of aliphatic imine (C=N–C) groups is 1. The van der Waals surface area contributed by atoms with Gasteiger partial charge in [0.1, 0.15) is 0 Å². The maximum Gasteiger partial charge on any atom is 0.175 e. The molecule has 0 amide bonds. The summed E-state index contributed by atoms with van der Waals surface area (Å²) in [6.07, 6.45) is 3.14. The van der Waals surface area contributed by atoms with Crippen LogP contribution in [0.5, 0.6) is 0 Å². The minimum atomic E-state index is -3.29. The molecule has 0 spiro atoms. The van der Waals surface area contributed by atoms with Gasteiger partial charge in [-0.15, -0.1) is 11.3 Å². The summed E-state index contributed by atoms with van der Waals surface area (Å²) in [6, 6.07) is 18.4. The van der Waals surface area contributed by atoms with Gasteiger partial charge in [0.25, 0.3) is 0 Å². The lowest BCUT2D eigenvalue weighted by Gasteiger charge is -2.32. The Morgan fingerprint density at radius 2 is 1.83 bits per heavy atom. The van der Waals surface area contributed by atoms with Gasteiger partial charge >= 0.3 is 0 Å². The van der Waals surface area contributed by atoms with Crippen molar-refractivity contribution >= 4 is 44.2 Å². The third-order valence-corrected chi connectivity index (χ3v) is 8.41. The van der Waals surface area contributed by atoms with Crippen LogP contribution >= 0.6 is 22.9 Å². The number of rotatable bonds is 7. The molecule has 0 aliphatic carbocycles. The molecule has 35 heavy (non-hydrogen) atoms. The number of halogens is 1. The Balaban J connectivity index is 1.67. The lowest BCUT2D eigenvalue weighted by atomic mass is 10.2. The number of piperazine rings is 1. The van der Waals surface area contributed by atoms with Gasteiger partial charge in [-0.3, -0.25) is 4.90 Å². The fourth-order valence-corrected chi connectivity index (χ4v) is 5.63. The summed E-state index contributed by atoms with van der Waals surface area (Å²) in [5.41, 5.74) is 9.45. The maximum atomic E-state index is 12.0. The molecule has 2 heterocycles. The Labute approximate surface area is 216 Å². The molecular formula is C26H29ClN4O2S2. The number of thiophene rings is 1. The Kier molecular flexibility index (Phi) is 8.09. The average Bonchev–Trinajstić information content (AvgIpc) is 3.31. The fraction of sp³-hybridized carbons (Fsp3) is 0.269. The van der Waals surface area contributed by atoms with Gasteiger partial charge < -0.3 is 10.6 Å². The predicted molar refractivity (Wildman–Crippen MR) is 147 cm³/mol. The van der Waals surface area contributed by atoms with Crippen LogP contribution in [0, 0.1) is 0 Å². The van der Waals surface area contributed by atoms with Crippen molar-refractivity contribution in [2.24, 2.45) is 10.7 Å². The van der Waals surface area contributed by atoms with Crippen LogP contribution in [0.3, 0.4) is 0 Å². The highest BCUT2D eigenvalue weighted by Gasteiger charge is 2.16. The number of likely N-dealkylation sites (N-methyl/N-ethyl adjacent to an activating group) is 1. The highest BCUT2D eigenvalue weighted by molar-refractivity contribution is 7.90. The zero-order chi connectivity index (χ0) is 25.0. The van der Waals surface area contributed by atoms with Gasteiger partial charge in [-0.2, -0.15) is 0 Å². The normalized spacial score (nSPS) is 16.5. The monoisotopic (exact) mass is 528 g/mol. The van der Waals surface area contributed by atoms with Crippen molar-refractivity contribution in [3.05, 3.63) is 82.3 Å². The number of benzene rings is 2. The molecule has 0 unspecified atom stereocenters. The summed E-state index contributed by atoms with van der Waals surface area (Å²) >= 11 is 7.94. The Morgan fingerprint density at radius 1 is 1.09 bits per heavy atom. The van der Waals surface area contributed by atoms with Crippen molar-refractivity contribution in [3.8, 4) is 10.4 Å². The molecular weight excluding hydrogens is 500 g/mol. The molecule has 9 heteroatoms. The van der Waals surface area contributed by atoms with E-state index in [0.29, 0.717) is 22.2 Å². The second-order valence-corrected chi connectivity index (χ2v) is 12.2. The van der Waals surface area contributed by atoms with Crippen LogP contribution in [-0.2, 0) is 9.84 Å². The van der Waals surface area contributed by atoms with Crippen molar-refractivity contribution < 1.29 is 8.42 Å². The first-order valence-corrected chi connectivity index (χ1v) is 14.4. The van der Waals surface area contributed by atoms with E-state index in [-0.39, 0.29) is 0 Å². The van der Waals surface area contributed by atoms with Crippen molar-refractivity contribution in [2.75, 3.05) is 46.0 Å². The number of hydrogen-bond acceptors (Lipinski definition) is 7. The van der Waals surface area contributed by atoms with Gasteiger partial charge in [-0.05, 0) is 55.1 Å². The number of sulfone groups is 1. The topological polar surface area (TPSA) is 79.0 Å². The van der Waals surface area contributed by atoms with Crippen molar-refractivity contribution in [3.63, 3.8) is 0 Å². The maximum absolute atomic E-state index is 12.0. The van der Waals surface area contributed by atoms with Crippen LogP contribution in [-0.4, -0.2) is 70.0 Å². The smallest absolute Gasteiger partial charge is 0.175 e. The number of nitrogens with two attached hydrogens (primary N) is 1. The molecule has 2 N–H and O–H groups in total. The second kappa shape index (κ2) is 11.1. The van der Waals surface area contributed by atoms with Crippen LogP contribution in [0.4, 0.5) is 5.69 Å². The summed E-state index contributed by atoms with van der Waals surface area (Å²) in [7, 11) is -1.16. The van der Waals surface area contributed by atoms with Crippen LogP contribution in [0.15, 0.2) is 82.3 Å². The van der Waals surface area contributed by atoms with Crippen molar-refractivity contribution in [1.29, 1.82) is 0 Å². The van der Waals surface area contributed by atoms with Gasteiger partial charge in [0.05, 0.1) is 26.2 Å². The second-order valence-electron chi connectivity index (χ2n) is 8.71. The molecule has 0 atom stereocenters. The minimum absolute atomic E-state index is 0.297. The van der Waals surface area contributed by atoms with E-state index in [0.717, 1.165) is 52.9 Å². The molecule has 0 radical (unpaired) electrons. The molecule has 3 aromatic rings. The van der Waals surface area contributed by atoms with Gasteiger partial charge in [0.2, 0.25) is 0 Å². The zero-order valence-corrected chi connectivity index (χ0v) is 22.2. The van der Waals surface area contributed by atoms with E-state index in [2.05, 4.69) is 16.8 Å². The van der Waals surface area contributed by atoms with Gasteiger partial charge in [-0.1, -0.05) is 35.9 Å². The Hall–Kier alpha value is -2.49. The summed E-state index contributed by atoms with van der Waals surface area (Å²) in [6.45, 7) is 4.66. The van der Waals surface area contributed by atoms with E-state index in [9.17, 15) is 8.42 Å². The quantitative estimate of drug-likeness (QED) is 0.450. The molecule has 1 aliphatic rings. The van der Waals surface area contributed by atoms with Gasteiger partial charge in [0.15, 0.2) is 9.84 Å². The lowest BCUT2D eigenvalue weighted by molar-refractivity contribution is 0.163. The fourth-order valence-electron chi connectivity index (χ4n) is 3.83. The van der Waals surface area contributed by atoms with E-state index in [1.165, 1.54) is 17.6 Å². The molecule has 0 bridgehead atoms. The third-order valence-electron chi connectivity index (χ3n) is 5.82. The largest absolute Gasteiger partial charge is 0.401 e. The van der Waals surface area contributed by atoms with Crippen molar-refractivity contribution in [2.45, 2.75) is 4.90 Å². The van der Waals surface area contributed by atoms with Gasteiger partial charge in [0, 0.05) is 49.6 Å². The van der Waals surface area contributed by atoms with Crippen LogP contribution in [0.2, 0.25) is 5.02 Å².